The Morgan fingerprint density at radius 2 is 1.90 bits per heavy atom. The fourth-order valence-corrected chi connectivity index (χ4v) is 6.65. The van der Waals surface area contributed by atoms with Gasteiger partial charge in [-0.3, -0.25) is 4.79 Å². The lowest BCUT2D eigenvalue weighted by Crippen LogP contribution is -2.52. The van der Waals surface area contributed by atoms with E-state index in [1.54, 1.807) is 0 Å². The predicted molar refractivity (Wildman–Crippen MR) is 125 cm³/mol. The molecule has 0 aromatic heterocycles. The van der Waals surface area contributed by atoms with Gasteiger partial charge in [-0.2, -0.15) is 0 Å². The third-order valence-corrected chi connectivity index (χ3v) is 8.37. The minimum atomic E-state index is 0.206. The molecule has 3 saturated heterocycles. The minimum Gasteiger partial charge on any atom is -0.338 e. The van der Waals surface area contributed by atoms with Crippen LogP contribution in [0.1, 0.15) is 43.2 Å². The van der Waals surface area contributed by atoms with Crippen molar-refractivity contribution in [3.05, 3.63) is 35.4 Å². The van der Waals surface area contributed by atoms with Crippen molar-refractivity contribution < 1.29 is 4.79 Å². The molecule has 0 saturated carbocycles. The number of rotatable bonds is 3. The van der Waals surface area contributed by atoms with E-state index in [0.29, 0.717) is 5.91 Å². The lowest BCUT2D eigenvalue weighted by atomic mass is 9.74. The third-order valence-electron chi connectivity index (χ3n) is 8.37. The van der Waals surface area contributed by atoms with E-state index < -0.39 is 0 Å². The zero-order valence-electron chi connectivity index (χ0n) is 19.3. The number of benzene rings is 1. The van der Waals surface area contributed by atoms with E-state index in [2.05, 4.69) is 51.3 Å². The Morgan fingerprint density at radius 3 is 2.68 bits per heavy atom. The Labute approximate surface area is 188 Å². The number of carbonyl (C=O) groups excluding carboxylic acids is 1. The quantitative estimate of drug-likeness (QED) is 0.810. The van der Waals surface area contributed by atoms with Gasteiger partial charge in [-0.25, -0.2) is 0 Å². The van der Waals surface area contributed by atoms with Gasteiger partial charge in [-0.15, -0.1) is 0 Å². The Kier molecular flexibility index (Phi) is 6.36. The van der Waals surface area contributed by atoms with Crippen LogP contribution < -0.4 is 5.32 Å². The summed E-state index contributed by atoms with van der Waals surface area (Å²) in [5.74, 6) is 1.43. The first-order valence-electron chi connectivity index (χ1n) is 12.6. The second-order valence-corrected chi connectivity index (χ2v) is 10.9. The van der Waals surface area contributed by atoms with Gasteiger partial charge in [-0.1, -0.05) is 24.3 Å². The second-order valence-electron chi connectivity index (χ2n) is 10.9. The van der Waals surface area contributed by atoms with Gasteiger partial charge < -0.3 is 20.0 Å². The van der Waals surface area contributed by atoms with Crippen molar-refractivity contribution in [3.63, 3.8) is 0 Å². The van der Waals surface area contributed by atoms with E-state index in [9.17, 15) is 4.79 Å². The number of hydrogen-bond acceptors (Lipinski definition) is 4. The molecule has 1 aromatic carbocycles. The molecule has 31 heavy (non-hydrogen) atoms. The molecule has 5 nitrogen and oxygen atoms in total. The van der Waals surface area contributed by atoms with Gasteiger partial charge in [0, 0.05) is 37.5 Å². The highest BCUT2D eigenvalue weighted by Gasteiger charge is 2.42. The topological polar surface area (TPSA) is 38.8 Å². The van der Waals surface area contributed by atoms with Crippen LogP contribution >= 0.6 is 0 Å². The van der Waals surface area contributed by atoms with Crippen molar-refractivity contribution in [1.29, 1.82) is 0 Å². The summed E-state index contributed by atoms with van der Waals surface area (Å²) in [6, 6.07) is 8.91. The van der Waals surface area contributed by atoms with Crippen LogP contribution in [0.25, 0.3) is 0 Å². The normalized spacial score (nSPS) is 31.0. The number of nitrogens with one attached hydrogen (secondary N) is 1. The largest absolute Gasteiger partial charge is 0.338 e. The zero-order valence-corrected chi connectivity index (χ0v) is 19.3. The van der Waals surface area contributed by atoms with Crippen LogP contribution in [0.15, 0.2) is 24.3 Å². The molecule has 0 aliphatic carbocycles. The fourth-order valence-electron chi connectivity index (χ4n) is 6.65. The molecule has 170 valence electrons. The number of nitrogens with zero attached hydrogens (tertiary/aromatic N) is 3. The molecule has 1 spiro atoms. The number of carbonyl (C=O) groups is 1. The molecule has 4 aliphatic heterocycles. The summed E-state index contributed by atoms with van der Waals surface area (Å²) < 4.78 is 0. The maximum Gasteiger partial charge on any atom is 0.226 e. The van der Waals surface area contributed by atoms with E-state index in [1.807, 2.05) is 0 Å². The van der Waals surface area contributed by atoms with Gasteiger partial charge >= 0.3 is 0 Å². The number of fused-ring (bicyclic) bond motifs is 1. The van der Waals surface area contributed by atoms with Crippen LogP contribution in [0.2, 0.25) is 0 Å². The van der Waals surface area contributed by atoms with Crippen LogP contribution in [-0.2, 0) is 17.8 Å². The highest BCUT2D eigenvalue weighted by molar-refractivity contribution is 5.79. The maximum absolute atomic E-state index is 13.7. The molecule has 5 heteroatoms. The summed E-state index contributed by atoms with van der Waals surface area (Å²) in [4.78, 5) is 21.1. The van der Waals surface area contributed by atoms with Crippen molar-refractivity contribution >= 4 is 5.91 Å². The van der Waals surface area contributed by atoms with Crippen molar-refractivity contribution in [1.82, 2.24) is 20.0 Å². The predicted octanol–water partition coefficient (Wildman–Crippen LogP) is 2.60. The molecular formula is C26H40N4O. The molecule has 0 bridgehead atoms. The fraction of sp³-hybridized carbons (Fsp3) is 0.731. The molecule has 1 aromatic rings. The van der Waals surface area contributed by atoms with Gasteiger partial charge in [0.25, 0.3) is 0 Å². The van der Waals surface area contributed by atoms with Gasteiger partial charge in [0.2, 0.25) is 5.91 Å². The molecule has 1 amide bonds. The third kappa shape index (κ3) is 4.84. The van der Waals surface area contributed by atoms with E-state index in [1.165, 1.54) is 56.6 Å². The first-order chi connectivity index (χ1) is 15.1. The summed E-state index contributed by atoms with van der Waals surface area (Å²) in [5, 5.41) is 3.53. The van der Waals surface area contributed by atoms with Crippen molar-refractivity contribution in [2.24, 2.45) is 17.3 Å². The highest BCUT2D eigenvalue weighted by Crippen LogP contribution is 2.39. The molecular weight excluding hydrogens is 384 g/mol. The Bertz CT molecular complexity index is 768. The van der Waals surface area contributed by atoms with E-state index in [4.69, 9.17) is 0 Å². The number of likely N-dealkylation sites (tertiary alicyclic amines) is 2. The number of amides is 1. The first-order valence-corrected chi connectivity index (χ1v) is 12.6. The van der Waals surface area contributed by atoms with Crippen LogP contribution in [0, 0.1) is 17.3 Å². The van der Waals surface area contributed by atoms with Gasteiger partial charge in [0.05, 0.1) is 0 Å². The van der Waals surface area contributed by atoms with E-state index in [-0.39, 0.29) is 11.3 Å². The summed E-state index contributed by atoms with van der Waals surface area (Å²) >= 11 is 0. The number of piperidine rings is 2. The van der Waals surface area contributed by atoms with Gasteiger partial charge in [0.1, 0.15) is 0 Å². The lowest BCUT2D eigenvalue weighted by molar-refractivity contribution is -0.140. The van der Waals surface area contributed by atoms with Crippen molar-refractivity contribution in [2.45, 2.75) is 45.1 Å². The molecule has 4 heterocycles. The Morgan fingerprint density at radius 1 is 1.10 bits per heavy atom. The second kappa shape index (κ2) is 9.21. The first kappa shape index (κ1) is 21.4. The molecule has 1 N–H and O–H groups in total. The SMILES string of the molecule is CN1CCC(C(=O)N2Cc3ccccc3CC3(CCCN(CC4CCNC4)C3)C2)CC1. The molecule has 2 unspecified atom stereocenters. The molecule has 3 fully saturated rings. The summed E-state index contributed by atoms with van der Waals surface area (Å²) in [6.07, 6.45) is 6.98. The molecule has 2 atom stereocenters. The summed E-state index contributed by atoms with van der Waals surface area (Å²) in [5.41, 5.74) is 3.06. The summed E-state index contributed by atoms with van der Waals surface area (Å²) in [7, 11) is 2.17. The van der Waals surface area contributed by atoms with E-state index in [0.717, 1.165) is 57.9 Å². The van der Waals surface area contributed by atoms with Gasteiger partial charge in [-0.05, 0) is 95.3 Å². The van der Waals surface area contributed by atoms with E-state index >= 15 is 0 Å². The van der Waals surface area contributed by atoms with Crippen molar-refractivity contribution in [2.75, 3.05) is 59.4 Å². The zero-order chi connectivity index (χ0) is 21.3. The number of hydrogen-bond donors (Lipinski definition) is 1. The lowest BCUT2D eigenvalue weighted by Gasteiger charge is -2.45. The summed E-state index contributed by atoms with van der Waals surface area (Å²) in [6.45, 7) is 9.78. The average molecular weight is 425 g/mol. The van der Waals surface area contributed by atoms with Crippen LogP contribution in [0.3, 0.4) is 0 Å². The van der Waals surface area contributed by atoms with Crippen LogP contribution in [-0.4, -0.2) is 80.0 Å². The molecule has 0 radical (unpaired) electrons. The molecule has 4 aliphatic rings. The Hall–Kier alpha value is -1.43. The minimum absolute atomic E-state index is 0.206. The standard InChI is InChI=1S/C26H40N4O/c1-28-13-8-22(9-14-28)25(31)30-18-24-6-3-2-5-23(24)15-26(20-30)10-4-12-29(19-26)17-21-7-11-27-16-21/h2-3,5-6,21-22,27H,4,7-20H2,1H3. The highest BCUT2D eigenvalue weighted by atomic mass is 16.2. The maximum atomic E-state index is 13.7. The molecule has 5 rings (SSSR count). The Balaban J connectivity index is 1.37. The van der Waals surface area contributed by atoms with Gasteiger partial charge in [0.15, 0.2) is 0 Å². The van der Waals surface area contributed by atoms with Crippen LogP contribution in [0.5, 0.6) is 0 Å². The van der Waals surface area contributed by atoms with Crippen molar-refractivity contribution in [3.8, 4) is 0 Å². The van der Waals surface area contributed by atoms with Crippen LogP contribution in [0.4, 0.5) is 0 Å². The average Bonchev–Trinajstić information content (AvgIpc) is 3.22. The monoisotopic (exact) mass is 424 g/mol. The smallest absolute Gasteiger partial charge is 0.226 e.